The molecule has 0 saturated heterocycles. The lowest BCUT2D eigenvalue weighted by atomic mass is 10.1. The Hall–Kier alpha value is -1.35. The second kappa shape index (κ2) is 6.71. The van der Waals surface area contributed by atoms with Gasteiger partial charge in [0.05, 0.1) is 11.4 Å². The molecule has 0 aliphatic rings. The molecule has 1 unspecified atom stereocenters. The zero-order valence-corrected chi connectivity index (χ0v) is 12.4. The van der Waals surface area contributed by atoms with E-state index in [0.717, 1.165) is 3.57 Å². The fourth-order valence-corrected chi connectivity index (χ4v) is 1.80. The molecule has 1 rings (SSSR count). The average molecular weight is 397 g/mol. The van der Waals surface area contributed by atoms with Crippen LogP contribution in [0.15, 0.2) is 18.2 Å². The largest absolute Gasteiger partial charge is 0.480 e. The van der Waals surface area contributed by atoms with Crippen molar-refractivity contribution in [2.24, 2.45) is 5.73 Å². The van der Waals surface area contributed by atoms with Crippen molar-refractivity contribution in [1.82, 2.24) is 5.32 Å². The molecule has 4 N–H and O–H groups in total. The maximum atomic E-state index is 11.8. The Morgan fingerprint density at radius 3 is 2.53 bits per heavy atom. The highest BCUT2D eigenvalue weighted by Crippen LogP contribution is 2.19. The first-order valence-corrected chi connectivity index (χ1v) is 6.54. The number of primary amides is 1. The third kappa shape index (κ3) is 4.67. The van der Waals surface area contributed by atoms with Gasteiger partial charge in [-0.2, -0.15) is 0 Å². The van der Waals surface area contributed by atoms with E-state index in [2.05, 4.69) is 5.32 Å². The third-order valence-corrected chi connectivity index (χ3v) is 3.76. The van der Waals surface area contributed by atoms with E-state index in [9.17, 15) is 14.4 Å². The van der Waals surface area contributed by atoms with Crippen molar-refractivity contribution in [1.29, 1.82) is 0 Å². The van der Waals surface area contributed by atoms with Gasteiger partial charge < -0.3 is 16.2 Å². The van der Waals surface area contributed by atoms with Crippen LogP contribution in [0.25, 0.3) is 0 Å². The highest BCUT2D eigenvalue weighted by molar-refractivity contribution is 14.1. The van der Waals surface area contributed by atoms with E-state index < -0.39 is 30.2 Å². The fourth-order valence-electron chi connectivity index (χ4n) is 1.28. The summed E-state index contributed by atoms with van der Waals surface area (Å²) in [6.07, 6.45) is -0.473. The minimum Gasteiger partial charge on any atom is -0.480 e. The van der Waals surface area contributed by atoms with Gasteiger partial charge in [-0.05, 0) is 40.8 Å². The Morgan fingerprint density at radius 2 is 2.05 bits per heavy atom. The zero-order chi connectivity index (χ0) is 14.6. The number of carbonyl (C=O) groups excluding carboxylic acids is 2. The SMILES string of the molecule is NC(=O)CC(NC(=O)c1ccc(I)c(Cl)c1)C(=O)O. The summed E-state index contributed by atoms with van der Waals surface area (Å²) in [6.45, 7) is 0. The van der Waals surface area contributed by atoms with E-state index in [4.69, 9.17) is 22.4 Å². The molecule has 1 atom stereocenters. The summed E-state index contributed by atoms with van der Waals surface area (Å²) in [5, 5.41) is 11.5. The maximum Gasteiger partial charge on any atom is 0.326 e. The van der Waals surface area contributed by atoms with Gasteiger partial charge in [-0.3, -0.25) is 9.59 Å². The fraction of sp³-hybridized carbons (Fsp3) is 0.182. The summed E-state index contributed by atoms with van der Waals surface area (Å²) in [6, 6.07) is 3.19. The molecule has 0 fully saturated rings. The third-order valence-electron chi connectivity index (χ3n) is 2.19. The molecule has 1 aromatic carbocycles. The summed E-state index contributed by atoms with van der Waals surface area (Å²) >= 11 is 7.86. The molecular weight excluding hydrogens is 386 g/mol. The van der Waals surface area contributed by atoms with Crippen LogP contribution >= 0.6 is 34.2 Å². The Bertz CT molecular complexity index is 535. The molecule has 0 aliphatic carbocycles. The minimum absolute atomic E-state index is 0.209. The van der Waals surface area contributed by atoms with E-state index in [1.54, 1.807) is 6.07 Å². The quantitative estimate of drug-likeness (QED) is 0.645. The normalized spacial score (nSPS) is 11.7. The lowest BCUT2D eigenvalue weighted by Crippen LogP contribution is -2.43. The lowest BCUT2D eigenvalue weighted by molar-refractivity contribution is -0.140. The molecule has 8 heteroatoms. The molecule has 0 radical (unpaired) electrons. The van der Waals surface area contributed by atoms with Crippen LogP contribution in [-0.2, 0) is 9.59 Å². The standard InChI is InChI=1S/C11H10ClIN2O4/c12-6-3-5(1-2-7(6)13)10(17)15-8(11(18)19)4-9(14)16/h1-3,8H,4H2,(H2,14,16)(H,15,17)(H,18,19). The number of rotatable bonds is 5. The highest BCUT2D eigenvalue weighted by atomic mass is 127. The number of carbonyl (C=O) groups is 3. The van der Waals surface area contributed by atoms with Crippen LogP contribution in [0.4, 0.5) is 0 Å². The van der Waals surface area contributed by atoms with Gasteiger partial charge in [0.25, 0.3) is 5.91 Å². The van der Waals surface area contributed by atoms with Crippen LogP contribution in [0.5, 0.6) is 0 Å². The molecule has 1 aromatic rings. The Labute approximate surface area is 127 Å². The van der Waals surface area contributed by atoms with E-state index in [-0.39, 0.29) is 5.56 Å². The van der Waals surface area contributed by atoms with E-state index >= 15 is 0 Å². The number of carboxylic acid groups (broad SMARTS) is 1. The average Bonchev–Trinajstić information content (AvgIpc) is 2.31. The molecule has 0 aliphatic heterocycles. The molecular formula is C11H10ClIN2O4. The number of amides is 2. The number of carboxylic acids is 1. The smallest absolute Gasteiger partial charge is 0.326 e. The monoisotopic (exact) mass is 396 g/mol. The van der Waals surface area contributed by atoms with Crippen molar-refractivity contribution in [3.63, 3.8) is 0 Å². The first-order chi connectivity index (χ1) is 8.81. The minimum atomic E-state index is -1.36. The summed E-state index contributed by atoms with van der Waals surface area (Å²) < 4.78 is 0.766. The molecule has 19 heavy (non-hydrogen) atoms. The number of hydrogen-bond acceptors (Lipinski definition) is 3. The predicted molar refractivity (Wildman–Crippen MR) is 76.9 cm³/mol. The second-order valence-electron chi connectivity index (χ2n) is 3.66. The number of nitrogens with two attached hydrogens (primary N) is 1. The number of halogens is 2. The molecule has 2 amide bonds. The van der Waals surface area contributed by atoms with Gasteiger partial charge in [0, 0.05) is 9.13 Å². The van der Waals surface area contributed by atoms with Gasteiger partial charge in [0.2, 0.25) is 5.91 Å². The van der Waals surface area contributed by atoms with Crippen molar-refractivity contribution < 1.29 is 19.5 Å². The molecule has 0 saturated carbocycles. The van der Waals surface area contributed by atoms with Crippen molar-refractivity contribution in [2.75, 3.05) is 0 Å². The van der Waals surface area contributed by atoms with Crippen LogP contribution in [0, 0.1) is 3.57 Å². The van der Waals surface area contributed by atoms with Crippen LogP contribution in [0.2, 0.25) is 5.02 Å². The molecule has 0 spiro atoms. The molecule has 0 aromatic heterocycles. The van der Waals surface area contributed by atoms with Gasteiger partial charge in [-0.25, -0.2) is 4.79 Å². The van der Waals surface area contributed by atoms with Crippen LogP contribution in [0.3, 0.4) is 0 Å². The van der Waals surface area contributed by atoms with Crippen LogP contribution in [-0.4, -0.2) is 28.9 Å². The first kappa shape index (κ1) is 15.7. The van der Waals surface area contributed by atoms with Gasteiger partial charge in [-0.1, -0.05) is 11.6 Å². The van der Waals surface area contributed by atoms with Crippen LogP contribution < -0.4 is 11.1 Å². The highest BCUT2D eigenvalue weighted by Gasteiger charge is 2.22. The topological polar surface area (TPSA) is 109 Å². The predicted octanol–water partition coefficient (Wildman–Crippen LogP) is 1.00. The lowest BCUT2D eigenvalue weighted by Gasteiger charge is -2.13. The van der Waals surface area contributed by atoms with Crippen molar-refractivity contribution in [2.45, 2.75) is 12.5 Å². The number of benzene rings is 1. The summed E-state index contributed by atoms with van der Waals surface area (Å²) in [5.41, 5.74) is 5.12. The summed E-state index contributed by atoms with van der Waals surface area (Å²) in [4.78, 5) is 33.4. The van der Waals surface area contributed by atoms with Gasteiger partial charge in [0.1, 0.15) is 6.04 Å². The Balaban J connectivity index is 2.84. The summed E-state index contributed by atoms with van der Waals surface area (Å²) in [5.74, 6) is -2.77. The van der Waals surface area contributed by atoms with Crippen molar-refractivity contribution >= 4 is 52.0 Å². The maximum absolute atomic E-state index is 11.8. The zero-order valence-electron chi connectivity index (χ0n) is 9.52. The number of nitrogens with one attached hydrogen (secondary N) is 1. The van der Waals surface area contributed by atoms with E-state index in [1.807, 2.05) is 22.6 Å². The molecule has 0 heterocycles. The van der Waals surface area contributed by atoms with Gasteiger partial charge >= 0.3 is 5.97 Å². The van der Waals surface area contributed by atoms with Crippen molar-refractivity contribution in [3.8, 4) is 0 Å². The first-order valence-electron chi connectivity index (χ1n) is 5.08. The van der Waals surface area contributed by atoms with Crippen LogP contribution in [0.1, 0.15) is 16.8 Å². The molecule has 102 valence electrons. The second-order valence-corrected chi connectivity index (χ2v) is 5.23. The van der Waals surface area contributed by atoms with Gasteiger partial charge in [0.15, 0.2) is 0 Å². The number of aliphatic carboxylic acids is 1. The van der Waals surface area contributed by atoms with Gasteiger partial charge in [-0.15, -0.1) is 0 Å². The van der Waals surface area contributed by atoms with E-state index in [1.165, 1.54) is 12.1 Å². The summed E-state index contributed by atoms with van der Waals surface area (Å²) in [7, 11) is 0. The van der Waals surface area contributed by atoms with Crippen molar-refractivity contribution in [3.05, 3.63) is 32.4 Å². The number of hydrogen-bond donors (Lipinski definition) is 3. The Morgan fingerprint density at radius 1 is 1.42 bits per heavy atom. The molecule has 6 nitrogen and oxygen atoms in total. The molecule has 0 bridgehead atoms. The Kier molecular flexibility index (Phi) is 5.55. The van der Waals surface area contributed by atoms with E-state index in [0.29, 0.717) is 5.02 Å².